The summed E-state index contributed by atoms with van der Waals surface area (Å²) in [4.78, 5) is 23.9. The second-order valence-electron chi connectivity index (χ2n) is 4.73. The minimum absolute atomic E-state index is 0.323. The molecule has 114 valence electrons. The molecule has 0 spiro atoms. The van der Waals surface area contributed by atoms with Crippen LogP contribution in [0.3, 0.4) is 0 Å². The number of hydrogen-bond acceptors (Lipinski definition) is 2. The number of halogens is 2. The van der Waals surface area contributed by atoms with Crippen molar-refractivity contribution in [2.45, 2.75) is 12.5 Å². The number of carbonyl (C=O) groups excluding carboxylic acids is 2. The van der Waals surface area contributed by atoms with Gasteiger partial charge in [0.15, 0.2) is 0 Å². The second kappa shape index (κ2) is 7.73. The van der Waals surface area contributed by atoms with Crippen molar-refractivity contribution in [3.05, 3.63) is 67.7 Å². The van der Waals surface area contributed by atoms with E-state index in [1.807, 2.05) is 30.3 Å². The fraction of sp³-hybridized carbons (Fsp3) is 0.125. The summed E-state index contributed by atoms with van der Waals surface area (Å²) in [6.45, 7) is 0. The first-order valence-corrected chi connectivity index (χ1v) is 8.43. The molecule has 0 radical (unpaired) electrons. The standard InChI is InChI=1S/C16H14BrIN2O2/c17-12-6-3-5-11(8-12)16(22)20-14(15(19)21)9-10-4-1-2-7-13(10)18/h1-8,14H,9H2,(H2,19,21)(H,20,22)/t14-/m1/s1. The van der Waals surface area contributed by atoms with Crippen molar-refractivity contribution < 1.29 is 9.59 Å². The molecule has 0 saturated carbocycles. The van der Waals surface area contributed by atoms with Crippen LogP contribution in [0.5, 0.6) is 0 Å². The zero-order chi connectivity index (χ0) is 16.1. The maximum atomic E-state index is 12.2. The van der Waals surface area contributed by atoms with E-state index < -0.39 is 11.9 Å². The minimum Gasteiger partial charge on any atom is -0.368 e. The van der Waals surface area contributed by atoms with Crippen LogP contribution in [-0.4, -0.2) is 17.9 Å². The number of amides is 2. The van der Waals surface area contributed by atoms with Gasteiger partial charge in [0.2, 0.25) is 5.91 Å². The van der Waals surface area contributed by atoms with Gasteiger partial charge < -0.3 is 11.1 Å². The average Bonchev–Trinajstić information content (AvgIpc) is 2.48. The number of rotatable bonds is 5. The Morgan fingerprint density at radius 1 is 1.18 bits per heavy atom. The Bertz CT molecular complexity index is 706. The molecule has 0 unspecified atom stereocenters. The van der Waals surface area contributed by atoms with Gasteiger partial charge in [-0.15, -0.1) is 0 Å². The number of nitrogens with one attached hydrogen (secondary N) is 1. The number of benzene rings is 2. The lowest BCUT2D eigenvalue weighted by Crippen LogP contribution is -2.46. The molecule has 0 aliphatic rings. The lowest BCUT2D eigenvalue weighted by atomic mass is 10.0. The number of carbonyl (C=O) groups is 2. The van der Waals surface area contributed by atoms with Gasteiger partial charge in [0.05, 0.1) is 0 Å². The highest BCUT2D eigenvalue weighted by molar-refractivity contribution is 14.1. The molecule has 3 N–H and O–H groups in total. The molecule has 2 amide bonds. The van der Waals surface area contributed by atoms with Crippen molar-refractivity contribution in [1.82, 2.24) is 5.32 Å². The van der Waals surface area contributed by atoms with Crippen molar-refractivity contribution in [3.8, 4) is 0 Å². The Morgan fingerprint density at radius 2 is 1.91 bits per heavy atom. The van der Waals surface area contributed by atoms with E-state index in [0.29, 0.717) is 12.0 Å². The fourth-order valence-corrected chi connectivity index (χ4v) is 2.98. The number of primary amides is 1. The number of hydrogen-bond donors (Lipinski definition) is 2. The quantitative estimate of drug-likeness (QED) is 0.657. The van der Waals surface area contributed by atoms with E-state index >= 15 is 0 Å². The first-order chi connectivity index (χ1) is 10.5. The maximum Gasteiger partial charge on any atom is 0.251 e. The summed E-state index contributed by atoms with van der Waals surface area (Å²) >= 11 is 5.51. The highest BCUT2D eigenvalue weighted by atomic mass is 127. The molecule has 0 aliphatic carbocycles. The molecular formula is C16H14BrIN2O2. The summed E-state index contributed by atoms with van der Waals surface area (Å²) in [6.07, 6.45) is 0.369. The van der Waals surface area contributed by atoms with Gasteiger partial charge in [-0.2, -0.15) is 0 Å². The van der Waals surface area contributed by atoms with Gasteiger partial charge in [-0.1, -0.05) is 40.2 Å². The molecule has 22 heavy (non-hydrogen) atoms. The largest absolute Gasteiger partial charge is 0.368 e. The van der Waals surface area contributed by atoms with E-state index in [0.717, 1.165) is 13.6 Å². The smallest absolute Gasteiger partial charge is 0.251 e. The Labute approximate surface area is 150 Å². The maximum absolute atomic E-state index is 12.2. The average molecular weight is 473 g/mol. The molecule has 0 bridgehead atoms. The van der Waals surface area contributed by atoms with E-state index in [4.69, 9.17) is 5.73 Å². The molecule has 2 aromatic rings. The van der Waals surface area contributed by atoms with Crippen LogP contribution in [0.4, 0.5) is 0 Å². The molecule has 4 nitrogen and oxygen atoms in total. The third kappa shape index (κ3) is 4.54. The third-order valence-electron chi connectivity index (χ3n) is 3.12. The first-order valence-electron chi connectivity index (χ1n) is 6.56. The van der Waals surface area contributed by atoms with Crippen LogP contribution in [0.15, 0.2) is 53.0 Å². The monoisotopic (exact) mass is 472 g/mol. The van der Waals surface area contributed by atoms with Gasteiger partial charge >= 0.3 is 0 Å². The van der Waals surface area contributed by atoms with Gasteiger partial charge in [0.1, 0.15) is 6.04 Å². The summed E-state index contributed by atoms with van der Waals surface area (Å²) in [5.41, 5.74) is 6.87. The Hall–Kier alpha value is -1.41. The van der Waals surface area contributed by atoms with E-state index in [2.05, 4.69) is 43.8 Å². The fourth-order valence-electron chi connectivity index (χ4n) is 1.98. The Morgan fingerprint density at radius 3 is 2.55 bits per heavy atom. The zero-order valence-corrected chi connectivity index (χ0v) is 15.3. The highest BCUT2D eigenvalue weighted by Crippen LogP contribution is 2.15. The second-order valence-corrected chi connectivity index (χ2v) is 6.81. The SMILES string of the molecule is NC(=O)[C@@H](Cc1ccccc1I)NC(=O)c1cccc(Br)c1. The van der Waals surface area contributed by atoms with Crippen LogP contribution in [0.2, 0.25) is 0 Å². The van der Waals surface area contributed by atoms with Crippen molar-refractivity contribution in [1.29, 1.82) is 0 Å². The van der Waals surface area contributed by atoms with E-state index in [-0.39, 0.29) is 5.91 Å². The molecule has 0 aromatic heterocycles. The molecule has 0 aliphatic heterocycles. The first kappa shape index (κ1) is 17.0. The third-order valence-corrected chi connectivity index (χ3v) is 4.66. The summed E-state index contributed by atoms with van der Waals surface area (Å²) in [6, 6.07) is 13.9. The number of nitrogens with two attached hydrogens (primary N) is 1. The topological polar surface area (TPSA) is 72.2 Å². The Kier molecular flexibility index (Phi) is 5.96. The molecule has 0 fully saturated rings. The molecular weight excluding hydrogens is 459 g/mol. The molecule has 6 heteroatoms. The van der Waals surface area contributed by atoms with Crippen molar-refractivity contribution in [3.63, 3.8) is 0 Å². The van der Waals surface area contributed by atoms with Crippen LogP contribution in [-0.2, 0) is 11.2 Å². The van der Waals surface area contributed by atoms with Crippen molar-refractivity contribution in [2.24, 2.45) is 5.73 Å². The van der Waals surface area contributed by atoms with Gasteiger partial charge in [0, 0.05) is 20.0 Å². The molecule has 2 aromatic carbocycles. The van der Waals surface area contributed by atoms with Crippen LogP contribution < -0.4 is 11.1 Å². The Balaban J connectivity index is 2.14. The molecule has 1 atom stereocenters. The zero-order valence-electron chi connectivity index (χ0n) is 11.6. The molecule has 2 rings (SSSR count). The van der Waals surface area contributed by atoms with Gasteiger partial charge in [-0.3, -0.25) is 9.59 Å². The summed E-state index contributed by atoms with van der Waals surface area (Å²) in [5.74, 6) is -0.876. The van der Waals surface area contributed by atoms with Gasteiger partial charge in [-0.05, 0) is 52.4 Å². The predicted molar refractivity (Wildman–Crippen MR) is 97.5 cm³/mol. The minimum atomic E-state index is -0.748. The van der Waals surface area contributed by atoms with Crippen LogP contribution in [0.25, 0.3) is 0 Å². The van der Waals surface area contributed by atoms with Crippen LogP contribution in [0.1, 0.15) is 15.9 Å². The molecule has 0 heterocycles. The van der Waals surface area contributed by atoms with E-state index in [1.54, 1.807) is 18.2 Å². The van der Waals surface area contributed by atoms with Gasteiger partial charge in [-0.25, -0.2) is 0 Å². The lowest BCUT2D eigenvalue weighted by Gasteiger charge is -2.16. The summed E-state index contributed by atoms with van der Waals surface area (Å²) in [5, 5.41) is 2.70. The lowest BCUT2D eigenvalue weighted by molar-refractivity contribution is -0.119. The van der Waals surface area contributed by atoms with Crippen LogP contribution >= 0.6 is 38.5 Å². The summed E-state index contributed by atoms with van der Waals surface area (Å²) in [7, 11) is 0. The van der Waals surface area contributed by atoms with Crippen molar-refractivity contribution >= 4 is 50.3 Å². The van der Waals surface area contributed by atoms with E-state index in [9.17, 15) is 9.59 Å². The van der Waals surface area contributed by atoms with Crippen LogP contribution in [0, 0.1) is 3.57 Å². The van der Waals surface area contributed by atoms with Crippen molar-refractivity contribution in [2.75, 3.05) is 0 Å². The normalized spacial score (nSPS) is 11.7. The van der Waals surface area contributed by atoms with Gasteiger partial charge in [0.25, 0.3) is 5.91 Å². The molecule has 0 saturated heterocycles. The highest BCUT2D eigenvalue weighted by Gasteiger charge is 2.20. The summed E-state index contributed by atoms with van der Waals surface area (Å²) < 4.78 is 1.83. The van der Waals surface area contributed by atoms with E-state index in [1.165, 1.54) is 0 Å². The predicted octanol–water partition coefficient (Wildman–Crippen LogP) is 2.88.